The number of unbranched alkanes of at least 4 members (excludes halogenated alkanes) is 23. The molecule has 302 valence electrons. The lowest BCUT2D eigenvalue weighted by atomic mass is 10.0. The highest BCUT2D eigenvalue weighted by Gasteiger charge is 2.27. The van der Waals surface area contributed by atoms with Gasteiger partial charge in [-0.3, -0.25) is 13.8 Å². The van der Waals surface area contributed by atoms with Crippen LogP contribution in [0, 0.1) is 0 Å². The topological polar surface area (TPSA) is 105 Å². The molecule has 0 radical (unpaired) electrons. The number of likely N-dealkylation sites (N-methyl/N-ethyl adjacent to an activating group) is 1. The molecule has 3 N–H and O–H groups in total. The fourth-order valence-corrected chi connectivity index (χ4v) is 6.71. The standard InChI is InChI=1S/C42H83N2O6P/c1-6-8-10-12-14-16-18-20-21-22-24-26-28-30-32-34-36-42(46)43-40(39-50-51(47,48)49-38-37-44(3,4)5)41(45)35-33-31-29-27-25-23-19-17-15-13-11-9-7-2/h21-22,33,35,40-41,45H,6-20,23-32,34,36-39H2,1-5H3,(H-,43,46,47,48)/p+1/b22-21-,35-33+. The molecule has 1 amide bonds. The van der Waals surface area contributed by atoms with Gasteiger partial charge in [0.05, 0.1) is 39.9 Å². The van der Waals surface area contributed by atoms with Crippen molar-refractivity contribution in [1.29, 1.82) is 0 Å². The molecule has 0 aliphatic carbocycles. The van der Waals surface area contributed by atoms with Gasteiger partial charge in [0.15, 0.2) is 0 Å². The van der Waals surface area contributed by atoms with Gasteiger partial charge in [-0.25, -0.2) is 4.57 Å². The fraction of sp³-hybridized carbons (Fsp3) is 0.881. The van der Waals surface area contributed by atoms with Crippen molar-refractivity contribution in [2.75, 3.05) is 40.9 Å². The van der Waals surface area contributed by atoms with E-state index >= 15 is 0 Å². The van der Waals surface area contributed by atoms with E-state index in [9.17, 15) is 19.4 Å². The van der Waals surface area contributed by atoms with Crippen LogP contribution in [-0.2, 0) is 18.4 Å². The fourth-order valence-electron chi connectivity index (χ4n) is 5.98. The van der Waals surface area contributed by atoms with E-state index in [2.05, 4.69) is 31.3 Å². The summed E-state index contributed by atoms with van der Waals surface area (Å²) in [5.74, 6) is -0.187. The summed E-state index contributed by atoms with van der Waals surface area (Å²) >= 11 is 0. The molecule has 0 bridgehead atoms. The van der Waals surface area contributed by atoms with Crippen molar-refractivity contribution >= 4 is 13.7 Å². The average Bonchev–Trinajstić information content (AvgIpc) is 3.07. The molecule has 0 aromatic rings. The Bertz CT molecular complexity index is 891. The molecule has 51 heavy (non-hydrogen) atoms. The molecule has 0 saturated carbocycles. The number of amides is 1. The van der Waals surface area contributed by atoms with Crippen molar-refractivity contribution in [3.8, 4) is 0 Å². The number of carbonyl (C=O) groups excluding carboxylic acids is 1. The van der Waals surface area contributed by atoms with Crippen molar-refractivity contribution < 1.29 is 32.9 Å². The van der Waals surface area contributed by atoms with Gasteiger partial charge in [0.1, 0.15) is 13.2 Å². The second kappa shape index (κ2) is 34.7. The Hall–Kier alpha value is -1.02. The number of hydrogen-bond acceptors (Lipinski definition) is 5. The third-order valence-corrected chi connectivity index (χ3v) is 10.4. The minimum Gasteiger partial charge on any atom is -0.387 e. The normalized spacial score (nSPS) is 14.7. The van der Waals surface area contributed by atoms with Gasteiger partial charge in [0.25, 0.3) is 0 Å². The lowest BCUT2D eigenvalue weighted by Crippen LogP contribution is -2.45. The maximum Gasteiger partial charge on any atom is 0.472 e. The van der Waals surface area contributed by atoms with Gasteiger partial charge in [-0.2, -0.15) is 0 Å². The molecule has 3 unspecified atom stereocenters. The van der Waals surface area contributed by atoms with Crippen molar-refractivity contribution in [2.45, 2.75) is 199 Å². The number of phosphoric ester groups is 1. The first-order chi connectivity index (χ1) is 24.5. The molecule has 0 aliphatic heterocycles. The summed E-state index contributed by atoms with van der Waals surface area (Å²) in [6.07, 6.45) is 39.5. The van der Waals surface area contributed by atoms with Crippen LogP contribution in [0.3, 0.4) is 0 Å². The predicted octanol–water partition coefficient (Wildman–Crippen LogP) is 11.4. The summed E-state index contributed by atoms with van der Waals surface area (Å²) in [5.41, 5.74) is 0. The van der Waals surface area contributed by atoms with Crippen LogP contribution in [0.2, 0.25) is 0 Å². The van der Waals surface area contributed by atoms with Crippen molar-refractivity contribution in [2.24, 2.45) is 0 Å². The van der Waals surface area contributed by atoms with Gasteiger partial charge in [0, 0.05) is 6.42 Å². The second-order valence-electron chi connectivity index (χ2n) is 15.7. The van der Waals surface area contributed by atoms with Crippen LogP contribution >= 0.6 is 7.82 Å². The molecule has 8 nitrogen and oxygen atoms in total. The van der Waals surface area contributed by atoms with Gasteiger partial charge in [-0.05, 0) is 44.9 Å². The smallest absolute Gasteiger partial charge is 0.387 e. The van der Waals surface area contributed by atoms with Crippen LogP contribution in [0.1, 0.15) is 187 Å². The Morgan fingerprint density at radius 1 is 0.647 bits per heavy atom. The first-order valence-electron chi connectivity index (χ1n) is 21.2. The molecule has 3 atom stereocenters. The molecular formula is C42H84N2O6P+. The Kier molecular flexibility index (Phi) is 34.0. The minimum atomic E-state index is -4.33. The largest absolute Gasteiger partial charge is 0.472 e. The zero-order valence-corrected chi connectivity index (χ0v) is 35.0. The van der Waals surface area contributed by atoms with Crippen LogP contribution in [-0.4, -0.2) is 73.4 Å². The zero-order valence-electron chi connectivity index (χ0n) is 34.1. The number of carbonyl (C=O) groups is 1. The number of phosphoric acid groups is 1. The molecule has 0 fully saturated rings. The number of allylic oxidation sites excluding steroid dienone is 3. The van der Waals surface area contributed by atoms with Crippen molar-refractivity contribution in [3.63, 3.8) is 0 Å². The summed E-state index contributed by atoms with van der Waals surface area (Å²) in [5, 5.41) is 13.8. The van der Waals surface area contributed by atoms with Crippen LogP contribution in [0.25, 0.3) is 0 Å². The van der Waals surface area contributed by atoms with Crippen LogP contribution < -0.4 is 5.32 Å². The third-order valence-electron chi connectivity index (χ3n) is 9.42. The highest BCUT2D eigenvalue weighted by molar-refractivity contribution is 7.47. The van der Waals surface area contributed by atoms with E-state index in [0.29, 0.717) is 17.4 Å². The number of nitrogens with one attached hydrogen (secondary N) is 1. The SMILES string of the molecule is CCCCCCCCC/C=C\CCCCCCCC(=O)NC(COP(=O)(O)OCC[N+](C)(C)C)C(O)/C=C/CCCCCCCCCCCCC. The molecule has 9 heteroatoms. The monoisotopic (exact) mass is 744 g/mol. The van der Waals surface area contributed by atoms with E-state index in [1.165, 1.54) is 116 Å². The second-order valence-corrected chi connectivity index (χ2v) is 17.2. The van der Waals surface area contributed by atoms with Crippen LogP contribution in [0.4, 0.5) is 0 Å². The quantitative estimate of drug-likeness (QED) is 0.0252. The van der Waals surface area contributed by atoms with E-state index in [0.717, 1.165) is 51.4 Å². The highest BCUT2D eigenvalue weighted by atomic mass is 31.2. The number of hydrogen-bond donors (Lipinski definition) is 3. The first-order valence-corrected chi connectivity index (χ1v) is 22.7. The van der Waals surface area contributed by atoms with E-state index < -0.39 is 20.0 Å². The molecule has 0 aromatic carbocycles. The maximum atomic E-state index is 12.8. The Labute approximate surface area is 315 Å². The van der Waals surface area contributed by atoms with Crippen LogP contribution in [0.15, 0.2) is 24.3 Å². The van der Waals surface area contributed by atoms with Gasteiger partial charge in [-0.15, -0.1) is 0 Å². The molecule has 0 aliphatic rings. The molecule has 0 saturated heterocycles. The lowest BCUT2D eigenvalue weighted by Gasteiger charge is -2.25. The van der Waals surface area contributed by atoms with E-state index in [-0.39, 0.29) is 19.1 Å². The number of aliphatic hydroxyl groups is 1. The summed E-state index contributed by atoms with van der Waals surface area (Å²) < 4.78 is 23.5. The minimum absolute atomic E-state index is 0.0608. The van der Waals surface area contributed by atoms with Gasteiger partial charge in [0.2, 0.25) is 5.91 Å². The van der Waals surface area contributed by atoms with Gasteiger partial charge >= 0.3 is 7.82 Å². The van der Waals surface area contributed by atoms with Crippen molar-refractivity contribution in [1.82, 2.24) is 5.32 Å². The highest BCUT2D eigenvalue weighted by Crippen LogP contribution is 2.43. The number of rotatable bonds is 38. The zero-order chi connectivity index (χ0) is 37.9. The van der Waals surface area contributed by atoms with Crippen molar-refractivity contribution in [3.05, 3.63) is 24.3 Å². The van der Waals surface area contributed by atoms with E-state index in [1.807, 2.05) is 27.2 Å². The number of nitrogens with zero attached hydrogens (tertiary/aromatic N) is 1. The van der Waals surface area contributed by atoms with Gasteiger partial charge in [-0.1, -0.05) is 160 Å². The summed E-state index contributed by atoms with van der Waals surface area (Å²) in [4.78, 5) is 23.0. The summed E-state index contributed by atoms with van der Waals surface area (Å²) in [7, 11) is 1.57. The average molecular weight is 744 g/mol. The molecule has 0 spiro atoms. The number of aliphatic hydroxyl groups excluding tert-OH is 1. The van der Waals surface area contributed by atoms with E-state index in [4.69, 9.17) is 9.05 Å². The predicted molar refractivity (Wildman–Crippen MR) is 217 cm³/mol. The number of quaternary nitrogens is 1. The molecule has 0 heterocycles. The summed E-state index contributed by atoms with van der Waals surface area (Å²) in [6.45, 7) is 4.79. The molecular weight excluding hydrogens is 659 g/mol. The van der Waals surface area contributed by atoms with Crippen LogP contribution in [0.5, 0.6) is 0 Å². The molecule has 0 rings (SSSR count). The van der Waals surface area contributed by atoms with Gasteiger partial charge < -0.3 is 19.8 Å². The van der Waals surface area contributed by atoms with E-state index in [1.54, 1.807) is 6.08 Å². The first kappa shape index (κ1) is 50.0. The Morgan fingerprint density at radius 3 is 1.51 bits per heavy atom. The molecule has 0 aromatic heterocycles. The third kappa shape index (κ3) is 37.1. The Morgan fingerprint density at radius 2 is 1.06 bits per heavy atom. The Balaban J connectivity index is 4.47. The maximum absolute atomic E-state index is 12.8. The lowest BCUT2D eigenvalue weighted by molar-refractivity contribution is -0.870. The summed E-state index contributed by atoms with van der Waals surface area (Å²) in [6, 6.07) is -0.846.